The van der Waals surface area contributed by atoms with Crippen molar-refractivity contribution >= 4 is 5.78 Å². The van der Waals surface area contributed by atoms with E-state index in [1.54, 1.807) is 0 Å². The van der Waals surface area contributed by atoms with Crippen LogP contribution in [0.3, 0.4) is 0 Å². The van der Waals surface area contributed by atoms with E-state index in [1.807, 2.05) is 42.5 Å². The number of aryl methyl sites for hydroxylation is 1. The maximum absolute atomic E-state index is 12.1. The van der Waals surface area contributed by atoms with E-state index < -0.39 is 0 Å². The fourth-order valence-corrected chi connectivity index (χ4v) is 2.26. The molecule has 2 rings (SSSR count). The van der Waals surface area contributed by atoms with E-state index in [1.165, 1.54) is 5.56 Å². The number of carbonyl (C=O) groups is 1. The first-order valence-electron chi connectivity index (χ1n) is 7.09. The summed E-state index contributed by atoms with van der Waals surface area (Å²) in [6, 6.07) is 17.8. The minimum Gasteiger partial charge on any atom is -0.324 e. The third-order valence-electron chi connectivity index (χ3n) is 3.51. The van der Waals surface area contributed by atoms with Crippen molar-refractivity contribution in [2.24, 2.45) is 5.73 Å². The number of Topliss-reactive ketones (excluding diaryl/α,β-unsaturated/α-hetero) is 1. The second-order valence-electron chi connectivity index (χ2n) is 5.11. The third kappa shape index (κ3) is 4.04. The molecule has 0 spiro atoms. The summed E-state index contributed by atoms with van der Waals surface area (Å²) < 4.78 is 0. The van der Waals surface area contributed by atoms with Crippen molar-refractivity contribution in [3.63, 3.8) is 0 Å². The molecule has 2 aromatic carbocycles. The lowest BCUT2D eigenvalue weighted by molar-refractivity contribution is -0.118. The average molecular weight is 267 g/mol. The van der Waals surface area contributed by atoms with Gasteiger partial charge >= 0.3 is 0 Å². The van der Waals surface area contributed by atoms with Crippen molar-refractivity contribution < 1.29 is 4.79 Å². The molecule has 0 aliphatic rings. The number of rotatable bonds is 6. The van der Waals surface area contributed by atoms with Crippen LogP contribution in [0.15, 0.2) is 54.6 Å². The summed E-state index contributed by atoms with van der Waals surface area (Å²) in [7, 11) is 0. The van der Waals surface area contributed by atoms with Crippen LogP contribution < -0.4 is 5.73 Å². The molecule has 0 radical (unpaired) electrons. The second-order valence-corrected chi connectivity index (χ2v) is 5.11. The van der Waals surface area contributed by atoms with Crippen LogP contribution in [0.25, 0.3) is 0 Å². The van der Waals surface area contributed by atoms with Gasteiger partial charge in [-0.3, -0.25) is 4.79 Å². The number of hydrogen-bond donors (Lipinski definition) is 1. The molecule has 0 saturated carbocycles. The van der Waals surface area contributed by atoms with Gasteiger partial charge in [-0.15, -0.1) is 0 Å². The number of benzene rings is 2. The number of carbonyl (C=O) groups excluding carboxylic acids is 1. The van der Waals surface area contributed by atoms with E-state index in [-0.39, 0.29) is 11.8 Å². The Morgan fingerprint density at radius 3 is 2.20 bits per heavy atom. The molecule has 0 amide bonds. The van der Waals surface area contributed by atoms with Crippen molar-refractivity contribution in [1.82, 2.24) is 0 Å². The molecule has 0 fully saturated rings. The lowest BCUT2D eigenvalue weighted by Crippen LogP contribution is -2.16. The highest BCUT2D eigenvalue weighted by molar-refractivity contribution is 5.81. The predicted molar refractivity (Wildman–Crippen MR) is 82.5 cm³/mol. The Morgan fingerprint density at radius 1 is 1.00 bits per heavy atom. The average Bonchev–Trinajstić information content (AvgIpc) is 2.49. The first kappa shape index (κ1) is 14.5. The van der Waals surface area contributed by atoms with Gasteiger partial charge in [0.2, 0.25) is 0 Å². The first-order valence-corrected chi connectivity index (χ1v) is 7.09. The van der Waals surface area contributed by atoms with Crippen molar-refractivity contribution in [3.05, 3.63) is 71.3 Å². The number of hydrogen-bond acceptors (Lipinski definition) is 2. The maximum atomic E-state index is 12.1. The first-order chi connectivity index (χ1) is 9.69. The van der Waals surface area contributed by atoms with E-state index in [0.717, 1.165) is 17.5 Å². The SMILES string of the molecule is CCc1ccc(CC(=O)CC(N)c2ccccc2)cc1. The summed E-state index contributed by atoms with van der Waals surface area (Å²) in [5, 5.41) is 0. The Morgan fingerprint density at radius 2 is 1.60 bits per heavy atom. The lowest BCUT2D eigenvalue weighted by atomic mass is 9.98. The van der Waals surface area contributed by atoms with Crippen LogP contribution in [-0.2, 0) is 17.6 Å². The Hall–Kier alpha value is -1.93. The van der Waals surface area contributed by atoms with Crippen molar-refractivity contribution in [3.8, 4) is 0 Å². The monoisotopic (exact) mass is 267 g/mol. The molecule has 0 saturated heterocycles. The molecule has 2 nitrogen and oxygen atoms in total. The molecule has 0 aromatic heterocycles. The van der Waals surface area contributed by atoms with Crippen LogP contribution in [0.5, 0.6) is 0 Å². The van der Waals surface area contributed by atoms with Crippen LogP contribution in [0.4, 0.5) is 0 Å². The molecule has 2 aromatic rings. The van der Waals surface area contributed by atoms with Crippen LogP contribution in [-0.4, -0.2) is 5.78 Å². The standard InChI is InChI=1S/C18H21NO/c1-2-14-8-10-15(11-9-14)12-17(20)13-18(19)16-6-4-3-5-7-16/h3-11,18H,2,12-13,19H2,1H3. The molecular formula is C18H21NO. The van der Waals surface area contributed by atoms with E-state index in [2.05, 4.69) is 19.1 Å². The Kier molecular flexibility index (Phi) is 5.08. The van der Waals surface area contributed by atoms with Gasteiger partial charge in [0.15, 0.2) is 0 Å². The molecule has 2 N–H and O–H groups in total. The highest BCUT2D eigenvalue weighted by atomic mass is 16.1. The van der Waals surface area contributed by atoms with E-state index in [0.29, 0.717) is 12.8 Å². The normalized spacial score (nSPS) is 12.1. The molecule has 2 heteroatoms. The highest BCUT2D eigenvalue weighted by Gasteiger charge is 2.11. The molecule has 1 unspecified atom stereocenters. The van der Waals surface area contributed by atoms with Gasteiger partial charge in [0.05, 0.1) is 0 Å². The summed E-state index contributed by atoms with van der Waals surface area (Å²) >= 11 is 0. The zero-order valence-electron chi connectivity index (χ0n) is 11.9. The lowest BCUT2D eigenvalue weighted by Gasteiger charge is -2.11. The fraction of sp³-hybridized carbons (Fsp3) is 0.278. The summed E-state index contributed by atoms with van der Waals surface area (Å²) in [4.78, 5) is 12.1. The van der Waals surface area contributed by atoms with Crippen LogP contribution >= 0.6 is 0 Å². The van der Waals surface area contributed by atoms with Gasteiger partial charge in [-0.1, -0.05) is 61.5 Å². The van der Waals surface area contributed by atoms with Crippen LogP contribution in [0.1, 0.15) is 36.1 Å². The molecule has 104 valence electrons. The van der Waals surface area contributed by atoms with Gasteiger partial charge in [0, 0.05) is 18.9 Å². The van der Waals surface area contributed by atoms with Gasteiger partial charge in [-0.25, -0.2) is 0 Å². The van der Waals surface area contributed by atoms with Crippen molar-refractivity contribution in [2.45, 2.75) is 32.2 Å². The third-order valence-corrected chi connectivity index (χ3v) is 3.51. The van der Waals surface area contributed by atoms with E-state index in [4.69, 9.17) is 5.73 Å². The largest absolute Gasteiger partial charge is 0.324 e. The van der Waals surface area contributed by atoms with Gasteiger partial charge in [0.1, 0.15) is 5.78 Å². The molecule has 0 aliphatic carbocycles. The van der Waals surface area contributed by atoms with Gasteiger partial charge in [0.25, 0.3) is 0 Å². The van der Waals surface area contributed by atoms with E-state index in [9.17, 15) is 4.79 Å². The smallest absolute Gasteiger partial charge is 0.139 e. The minimum atomic E-state index is -0.210. The molecular weight excluding hydrogens is 246 g/mol. The van der Waals surface area contributed by atoms with Crippen molar-refractivity contribution in [1.29, 1.82) is 0 Å². The topological polar surface area (TPSA) is 43.1 Å². The number of ketones is 1. The Balaban J connectivity index is 1.91. The van der Waals surface area contributed by atoms with Crippen molar-refractivity contribution in [2.75, 3.05) is 0 Å². The zero-order chi connectivity index (χ0) is 14.4. The predicted octanol–water partition coefficient (Wildman–Crippen LogP) is 3.45. The molecule has 0 aliphatic heterocycles. The minimum absolute atomic E-state index is 0.186. The summed E-state index contributed by atoms with van der Waals surface area (Å²) in [6.07, 6.45) is 1.87. The molecule has 0 heterocycles. The quantitative estimate of drug-likeness (QED) is 0.871. The van der Waals surface area contributed by atoms with E-state index >= 15 is 0 Å². The number of nitrogens with two attached hydrogens (primary N) is 1. The molecule has 1 atom stereocenters. The maximum Gasteiger partial charge on any atom is 0.139 e. The van der Waals surface area contributed by atoms with Gasteiger partial charge < -0.3 is 5.73 Å². The summed E-state index contributed by atoms with van der Waals surface area (Å²) in [6.45, 7) is 2.12. The fourth-order valence-electron chi connectivity index (χ4n) is 2.26. The van der Waals surface area contributed by atoms with Gasteiger partial charge in [-0.2, -0.15) is 0 Å². The van der Waals surface area contributed by atoms with Crippen LogP contribution in [0.2, 0.25) is 0 Å². The summed E-state index contributed by atoms with van der Waals surface area (Å²) in [5.41, 5.74) is 9.45. The highest BCUT2D eigenvalue weighted by Crippen LogP contribution is 2.15. The second kappa shape index (κ2) is 7.01. The summed E-state index contributed by atoms with van der Waals surface area (Å²) in [5.74, 6) is 0.186. The Bertz CT molecular complexity index is 545. The van der Waals surface area contributed by atoms with Gasteiger partial charge in [-0.05, 0) is 23.1 Å². The van der Waals surface area contributed by atoms with Crippen LogP contribution in [0, 0.1) is 0 Å². The molecule has 20 heavy (non-hydrogen) atoms. The zero-order valence-corrected chi connectivity index (χ0v) is 11.9. The Labute approximate surface area is 120 Å². The molecule has 0 bridgehead atoms.